The van der Waals surface area contributed by atoms with Crippen molar-refractivity contribution in [3.8, 4) is 0 Å². The zero-order valence-corrected chi connectivity index (χ0v) is 11.6. The van der Waals surface area contributed by atoms with Crippen LogP contribution >= 0.6 is 15.9 Å². The van der Waals surface area contributed by atoms with Crippen molar-refractivity contribution in [3.05, 3.63) is 22.7 Å². The van der Waals surface area contributed by atoms with Gasteiger partial charge in [-0.1, -0.05) is 15.9 Å². The van der Waals surface area contributed by atoms with Gasteiger partial charge in [0.25, 0.3) is 0 Å². The summed E-state index contributed by atoms with van der Waals surface area (Å²) < 4.78 is 6.08. The molecule has 2 N–H and O–H groups in total. The molecular formula is C12H14BrN3O2. The van der Waals surface area contributed by atoms with Crippen LogP contribution in [-0.4, -0.2) is 29.1 Å². The van der Waals surface area contributed by atoms with Crippen molar-refractivity contribution in [3.63, 3.8) is 0 Å². The molecule has 18 heavy (non-hydrogen) atoms. The first-order valence-electron chi connectivity index (χ1n) is 5.72. The number of nitrogens with zero attached hydrogens (tertiary/aromatic N) is 1. The number of rotatable bonds is 5. The van der Waals surface area contributed by atoms with Gasteiger partial charge in [-0.05, 0) is 25.1 Å². The minimum Gasteiger partial charge on any atom is -0.381 e. The molecule has 0 saturated heterocycles. The second kappa shape index (κ2) is 5.97. The Bertz CT molecular complexity index is 553. The van der Waals surface area contributed by atoms with E-state index in [2.05, 4.69) is 31.2 Å². The Kier molecular flexibility index (Phi) is 4.33. The predicted molar refractivity (Wildman–Crippen MR) is 73.5 cm³/mol. The van der Waals surface area contributed by atoms with E-state index in [9.17, 15) is 4.79 Å². The largest absolute Gasteiger partial charge is 0.381 e. The molecule has 0 saturated carbocycles. The molecule has 1 aromatic heterocycles. The normalized spacial score (nSPS) is 10.8. The smallest absolute Gasteiger partial charge is 0.228 e. The minimum absolute atomic E-state index is 0.110. The van der Waals surface area contributed by atoms with Crippen LogP contribution in [-0.2, 0) is 9.53 Å². The standard InChI is InChI=1S/C12H14BrN3O2/c1-2-18-6-5-11(17)16-12-14-9-4-3-8(13)7-10(9)15-12/h3-4,7H,2,5-6H2,1H3,(H2,14,15,16,17). The second-order valence-corrected chi connectivity index (χ2v) is 4.66. The number of carbonyl (C=O) groups is 1. The number of anilines is 1. The van der Waals surface area contributed by atoms with Crippen molar-refractivity contribution in [2.45, 2.75) is 13.3 Å². The van der Waals surface area contributed by atoms with E-state index in [0.717, 1.165) is 15.5 Å². The molecule has 0 aliphatic carbocycles. The Morgan fingerprint density at radius 2 is 2.39 bits per heavy atom. The van der Waals surface area contributed by atoms with Crippen LogP contribution < -0.4 is 5.32 Å². The number of ether oxygens (including phenoxy) is 1. The zero-order chi connectivity index (χ0) is 13.0. The first kappa shape index (κ1) is 13.0. The molecule has 5 nitrogen and oxygen atoms in total. The van der Waals surface area contributed by atoms with E-state index >= 15 is 0 Å². The van der Waals surface area contributed by atoms with Gasteiger partial charge >= 0.3 is 0 Å². The lowest BCUT2D eigenvalue weighted by Gasteiger charge is -2.01. The number of fused-ring (bicyclic) bond motifs is 1. The monoisotopic (exact) mass is 311 g/mol. The number of H-pyrrole nitrogens is 1. The molecule has 0 spiro atoms. The molecule has 96 valence electrons. The molecule has 0 aliphatic rings. The highest BCUT2D eigenvalue weighted by atomic mass is 79.9. The highest BCUT2D eigenvalue weighted by Crippen LogP contribution is 2.19. The van der Waals surface area contributed by atoms with Crippen molar-refractivity contribution in [1.82, 2.24) is 9.97 Å². The Labute approximate surface area is 113 Å². The molecule has 1 heterocycles. The summed E-state index contributed by atoms with van der Waals surface area (Å²) in [7, 11) is 0. The Balaban J connectivity index is 2.01. The van der Waals surface area contributed by atoms with Crippen LogP contribution in [0.2, 0.25) is 0 Å². The van der Waals surface area contributed by atoms with Crippen LogP contribution in [0.15, 0.2) is 22.7 Å². The Morgan fingerprint density at radius 3 is 3.17 bits per heavy atom. The summed E-state index contributed by atoms with van der Waals surface area (Å²) in [6.07, 6.45) is 0.328. The molecule has 6 heteroatoms. The number of hydrogen-bond donors (Lipinski definition) is 2. The molecule has 0 fully saturated rings. The number of hydrogen-bond acceptors (Lipinski definition) is 3. The maximum atomic E-state index is 11.6. The van der Waals surface area contributed by atoms with E-state index in [1.54, 1.807) is 0 Å². The predicted octanol–water partition coefficient (Wildman–Crippen LogP) is 2.69. The summed E-state index contributed by atoms with van der Waals surface area (Å²) in [5.41, 5.74) is 1.70. The zero-order valence-electron chi connectivity index (χ0n) is 10.00. The first-order valence-corrected chi connectivity index (χ1v) is 6.51. The average Bonchev–Trinajstić information content (AvgIpc) is 2.70. The van der Waals surface area contributed by atoms with E-state index in [0.29, 0.717) is 25.6 Å². The van der Waals surface area contributed by atoms with Crippen LogP contribution in [0.1, 0.15) is 13.3 Å². The van der Waals surface area contributed by atoms with Crippen molar-refractivity contribution < 1.29 is 9.53 Å². The van der Waals surface area contributed by atoms with Crippen LogP contribution in [0.25, 0.3) is 11.0 Å². The maximum Gasteiger partial charge on any atom is 0.228 e. The molecule has 2 aromatic rings. The van der Waals surface area contributed by atoms with Crippen molar-refractivity contribution in [2.24, 2.45) is 0 Å². The summed E-state index contributed by atoms with van der Waals surface area (Å²) in [6.45, 7) is 2.94. The summed E-state index contributed by atoms with van der Waals surface area (Å²) in [5, 5.41) is 2.71. The number of nitrogens with one attached hydrogen (secondary N) is 2. The van der Waals surface area contributed by atoms with Gasteiger partial charge in [0.1, 0.15) is 0 Å². The highest BCUT2D eigenvalue weighted by molar-refractivity contribution is 9.10. The number of carbonyl (C=O) groups excluding carboxylic acids is 1. The number of aromatic amines is 1. The number of amides is 1. The van der Waals surface area contributed by atoms with Gasteiger partial charge in [-0.2, -0.15) is 0 Å². The number of halogens is 1. The summed E-state index contributed by atoms with van der Waals surface area (Å²) in [5.74, 6) is 0.353. The number of aromatic nitrogens is 2. The lowest BCUT2D eigenvalue weighted by atomic mass is 10.3. The third kappa shape index (κ3) is 3.30. The van der Waals surface area contributed by atoms with Gasteiger partial charge in [-0.3, -0.25) is 10.1 Å². The molecule has 0 bridgehead atoms. The minimum atomic E-state index is -0.110. The summed E-state index contributed by atoms with van der Waals surface area (Å²) in [4.78, 5) is 18.9. The molecule has 0 aliphatic heterocycles. The van der Waals surface area contributed by atoms with Crippen molar-refractivity contribution in [2.75, 3.05) is 18.5 Å². The fourth-order valence-corrected chi connectivity index (χ4v) is 1.91. The highest BCUT2D eigenvalue weighted by Gasteiger charge is 2.07. The summed E-state index contributed by atoms with van der Waals surface area (Å²) in [6, 6.07) is 5.70. The van der Waals surface area contributed by atoms with Crippen LogP contribution in [0.3, 0.4) is 0 Å². The molecule has 0 atom stereocenters. The first-order chi connectivity index (χ1) is 8.69. The number of benzene rings is 1. The fourth-order valence-electron chi connectivity index (χ4n) is 1.54. The lowest BCUT2D eigenvalue weighted by molar-refractivity contribution is -0.117. The fraction of sp³-hybridized carbons (Fsp3) is 0.333. The molecule has 0 unspecified atom stereocenters. The van der Waals surface area contributed by atoms with Gasteiger partial charge in [0, 0.05) is 11.1 Å². The second-order valence-electron chi connectivity index (χ2n) is 3.74. The Morgan fingerprint density at radius 1 is 1.56 bits per heavy atom. The van der Waals surface area contributed by atoms with Gasteiger partial charge in [-0.15, -0.1) is 0 Å². The third-order valence-corrected chi connectivity index (χ3v) is 2.87. The van der Waals surface area contributed by atoms with Gasteiger partial charge in [-0.25, -0.2) is 4.98 Å². The molecule has 0 radical (unpaired) electrons. The van der Waals surface area contributed by atoms with E-state index in [4.69, 9.17) is 4.74 Å². The van der Waals surface area contributed by atoms with Gasteiger partial charge in [0.2, 0.25) is 11.9 Å². The van der Waals surface area contributed by atoms with E-state index < -0.39 is 0 Å². The van der Waals surface area contributed by atoms with Gasteiger partial charge < -0.3 is 9.72 Å². The van der Waals surface area contributed by atoms with Gasteiger partial charge in [0.05, 0.1) is 24.1 Å². The van der Waals surface area contributed by atoms with Crippen LogP contribution in [0, 0.1) is 0 Å². The Hall–Kier alpha value is -1.40. The van der Waals surface area contributed by atoms with Crippen molar-refractivity contribution >= 4 is 38.8 Å². The van der Waals surface area contributed by atoms with Crippen LogP contribution in [0.4, 0.5) is 5.95 Å². The SMILES string of the molecule is CCOCCC(=O)Nc1nc2ccc(Br)cc2[nH]1. The molecule has 2 rings (SSSR count). The van der Waals surface area contributed by atoms with E-state index in [-0.39, 0.29) is 5.91 Å². The van der Waals surface area contributed by atoms with Gasteiger partial charge in [0.15, 0.2) is 0 Å². The van der Waals surface area contributed by atoms with Crippen molar-refractivity contribution in [1.29, 1.82) is 0 Å². The molecule has 1 amide bonds. The summed E-state index contributed by atoms with van der Waals surface area (Å²) >= 11 is 3.38. The molecule has 1 aromatic carbocycles. The van der Waals surface area contributed by atoms with E-state index in [1.165, 1.54) is 0 Å². The van der Waals surface area contributed by atoms with Crippen LogP contribution in [0.5, 0.6) is 0 Å². The molecular weight excluding hydrogens is 298 g/mol. The topological polar surface area (TPSA) is 67.0 Å². The quantitative estimate of drug-likeness (QED) is 0.834. The average molecular weight is 312 g/mol. The lowest BCUT2D eigenvalue weighted by Crippen LogP contribution is -2.14. The maximum absolute atomic E-state index is 11.6. The number of imidazole rings is 1. The third-order valence-electron chi connectivity index (χ3n) is 2.38. The van der Waals surface area contributed by atoms with E-state index in [1.807, 2.05) is 25.1 Å².